The van der Waals surface area contributed by atoms with Gasteiger partial charge in [0.15, 0.2) is 10.9 Å². The van der Waals surface area contributed by atoms with Gasteiger partial charge in [0.25, 0.3) is 0 Å². The smallest absolute Gasteiger partial charge is 0.191 e. The van der Waals surface area contributed by atoms with E-state index < -0.39 is 0 Å². The average Bonchev–Trinajstić information content (AvgIpc) is 3.37. The molecule has 0 aliphatic rings. The number of aryl methyl sites for hydroxylation is 2. The summed E-state index contributed by atoms with van der Waals surface area (Å²) >= 11 is 8.88. The molecule has 0 fully saturated rings. The zero-order chi connectivity index (χ0) is 20.8. The number of carbonyl (C=O) groups excluding carboxylic acids is 2. The van der Waals surface area contributed by atoms with Gasteiger partial charge in [0.05, 0.1) is 10.6 Å². The fourth-order valence-electron chi connectivity index (χ4n) is 2.95. The maximum atomic E-state index is 12.4. The molecule has 2 heterocycles. The first-order valence-electron chi connectivity index (χ1n) is 9.36. The van der Waals surface area contributed by atoms with Gasteiger partial charge in [-0.2, -0.15) is 0 Å². The summed E-state index contributed by atoms with van der Waals surface area (Å²) in [7, 11) is 0. The van der Waals surface area contributed by atoms with E-state index >= 15 is 0 Å². The average molecular weight is 448 g/mol. The molecule has 0 atom stereocenters. The maximum absolute atomic E-state index is 12.4. The maximum Gasteiger partial charge on any atom is 0.191 e. The number of carbonyl (C=O) groups is 2. The number of thioether (sulfide) groups is 1. The van der Waals surface area contributed by atoms with Crippen LogP contribution in [0.4, 0.5) is 0 Å². The highest BCUT2D eigenvalue weighted by Gasteiger charge is 2.16. The van der Waals surface area contributed by atoms with E-state index in [1.54, 1.807) is 0 Å². The topological polar surface area (TPSA) is 64.8 Å². The van der Waals surface area contributed by atoms with Crippen molar-refractivity contribution in [1.82, 2.24) is 14.8 Å². The van der Waals surface area contributed by atoms with Gasteiger partial charge in [-0.1, -0.05) is 35.5 Å². The molecular formula is C21H22ClN3O2S2. The molecule has 2 aromatic heterocycles. The minimum absolute atomic E-state index is 0.112. The lowest BCUT2D eigenvalue weighted by molar-refractivity contribution is -0.116. The first-order chi connectivity index (χ1) is 14.0. The van der Waals surface area contributed by atoms with E-state index in [9.17, 15) is 9.59 Å². The zero-order valence-corrected chi connectivity index (χ0v) is 18.7. The fraction of sp³-hybridized carbons (Fsp3) is 0.333. The summed E-state index contributed by atoms with van der Waals surface area (Å²) in [5.74, 6) is 1.32. The van der Waals surface area contributed by atoms with E-state index in [1.165, 1.54) is 23.1 Å². The number of aromatic nitrogens is 3. The van der Waals surface area contributed by atoms with E-state index in [-0.39, 0.29) is 11.6 Å². The van der Waals surface area contributed by atoms with Gasteiger partial charge in [0.1, 0.15) is 11.6 Å². The Hall–Kier alpha value is -1.96. The molecule has 29 heavy (non-hydrogen) atoms. The Balaban J connectivity index is 1.57. The van der Waals surface area contributed by atoms with Crippen molar-refractivity contribution in [3.63, 3.8) is 0 Å². The van der Waals surface area contributed by atoms with Crippen LogP contribution in [0.5, 0.6) is 0 Å². The third kappa shape index (κ3) is 5.78. The van der Waals surface area contributed by atoms with E-state index in [2.05, 4.69) is 10.2 Å². The van der Waals surface area contributed by atoms with Gasteiger partial charge < -0.3 is 4.57 Å². The van der Waals surface area contributed by atoms with E-state index in [0.717, 1.165) is 21.8 Å². The number of thiophene rings is 1. The molecule has 8 heteroatoms. The predicted octanol–water partition coefficient (Wildman–Crippen LogP) is 5.04. The molecular weight excluding hydrogens is 426 g/mol. The molecule has 3 rings (SSSR count). The van der Waals surface area contributed by atoms with Gasteiger partial charge in [-0.15, -0.1) is 21.5 Å². The SMILES string of the molecule is CCn1c(CCC(=O)c2cccs2)nnc1SCC(=O)Cc1cc(Cl)ccc1C. The summed E-state index contributed by atoms with van der Waals surface area (Å²) < 4.78 is 1.98. The second kappa shape index (κ2) is 10.2. The molecule has 0 N–H and O–H groups in total. The van der Waals surface area contributed by atoms with Crippen LogP contribution in [0.15, 0.2) is 40.9 Å². The minimum atomic E-state index is 0.112. The van der Waals surface area contributed by atoms with Crippen LogP contribution in [0.1, 0.15) is 40.0 Å². The second-order valence-electron chi connectivity index (χ2n) is 6.62. The molecule has 0 saturated heterocycles. The van der Waals surface area contributed by atoms with Gasteiger partial charge in [-0.25, -0.2) is 0 Å². The van der Waals surface area contributed by atoms with Crippen LogP contribution < -0.4 is 0 Å². The highest BCUT2D eigenvalue weighted by molar-refractivity contribution is 7.99. The largest absolute Gasteiger partial charge is 0.306 e. The van der Waals surface area contributed by atoms with E-state index in [1.807, 2.05) is 54.1 Å². The van der Waals surface area contributed by atoms with Gasteiger partial charge >= 0.3 is 0 Å². The molecule has 152 valence electrons. The molecule has 5 nitrogen and oxygen atoms in total. The van der Waals surface area contributed by atoms with Crippen molar-refractivity contribution in [3.8, 4) is 0 Å². The van der Waals surface area contributed by atoms with Crippen molar-refractivity contribution in [2.24, 2.45) is 0 Å². The molecule has 0 bridgehead atoms. The summed E-state index contributed by atoms with van der Waals surface area (Å²) in [6.07, 6.45) is 1.28. The molecule has 3 aromatic rings. The molecule has 0 aliphatic carbocycles. The van der Waals surface area contributed by atoms with Crippen LogP contribution in [0.25, 0.3) is 0 Å². The molecule has 0 amide bonds. The molecule has 0 unspecified atom stereocenters. The Morgan fingerprint density at radius 3 is 2.79 bits per heavy atom. The van der Waals surface area contributed by atoms with Crippen molar-refractivity contribution in [1.29, 1.82) is 0 Å². The number of ketones is 2. The van der Waals surface area contributed by atoms with Crippen molar-refractivity contribution in [2.75, 3.05) is 5.75 Å². The van der Waals surface area contributed by atoms with Gasteiger partial charge in [-0.05, 0) is 48.6 Å². The van der Waals surface area contributed by atoms with Crippen molar-refractivity contribution < 1.29 is 9.59 Å². The number of hydrogen-bond donors (Lipinski definition) is 0. The molecule has 0 saturated carbocycles. The van der Waals surface area contributed by atoms with E-state index in [4.69, 9.17) is 11.6 Å². The minimum Gasteiger partial charge on any atom is -0.306 e. The van der Waals surface area contributed by atoms with Crippen LogP contribution in [0, 0.1) is 6.92 Å². The third-order valence-corrected chi connectivity index (χ3v) is 6.71. The van der Waals surface area contributed by atoms with Crippen LogP contribution in [0.2, 0.25) is 5.02 Å². The summed E-state index contributed by atoms with van der Waals surface area (Å²) in [5, 5.41) is 11.7. The summed E-state index contributed by atoms with van der Waals surface area (Å²) in [6, 6.07) is 9.31. The lowest BCUT2D eigenvalue weighted by Gasteiger charge is -2.08. The molecule has 0 aliphatic heterocycles. The Kier molecular flexibility index (Phi) is 7.64. The van der Waals surface area contributed by atoms with Gasteiger partial charge in [0, 0.05) is 30.8 Å². The number of hydrogen-bond acceptors (Lipinski definition) is 6. The van der Waals surface area contributed by atoms with Crippen molar-refractivity contribution in [2.45, 2.75) is 44.8 Å². The van der Waals surface area contributed by atoms with Crippen LogP contribution in [0.3, 0.4) is 0 Å². The number of benzene rings is 1. The Morgan fingerprint density at radius 1 is 1.24 bits per heavy atom. The quantitative estimate of drug-likeness (QED) is 0.321. The van der Waals surface area contributed by atoms with E-state index in [0.29, 0.717) is 41.7 Å². The predicted molar refractivity (Wildman–Crippen MR) is 118 cm³/mol. The number of nitrogens with zero attached hydrogens (tertiary/aromatic N) is 3. The number of rotatable bonds is 10. The second-order valence-corrected chi connectivity index (χ2v) is 8.95. The Bertz CT molecular complexity index is 1000. The Labute approximate surface area is 183 Å². The first kappa shape index (κ1) is 21.7. The normalized spacial score (nSPS) is 11.0. The molecule has 0 radical (unpaired) electrons. The number of Topliss-reactive ketones (excluding diaryl/α,β-unsaturated/α-hetero) is 2. The Morgan fingerprint density at radius 2 is 2.07 bits per heavy atom. The molecule has 0 spiro atoms. The molecule has 1 aromatic carbocycles. The standard InChI is InChI=1S/C21H22ClN3O2S2/c1-3-25-20(9-8-18(27)19-5-4-10-28-19)23-24-21(25)29-13-17(26)12-15-11-16(22)7-6-14(15)2/h4-7,10-11H,3,8-9,12-13H2,1-2H3. The summed E-state index contributed by atoms with van der Waals surface area (Å²) in [6.45, 7) is 4.68. The van der Waals surface area contributed by atoms with Crippen LogP contribution >= 0.6 is 34.7 Å². The summed E-state index contributed by atoms with van der Waals surface area (Å²) in [5.41, 5.74) is 2.01. The van der Waals surface area contributed by atoms with Gasteiger partial charge in [0.2, 0.25) is 0 Å². The monoisotopic (exact) mass is 447 g/mol. The zero-order valence-electron chi connectivity index (χ0n) is 16.4. The third-order valence-electron chi connectivity index (χ3n) is 4.54. The lowest BCUT2D eigenvalue weighted by Crippen LogP contribution is -2.09. The fourth-order valence-corrected chi connectivity index (χ4v) is 4.72. The number of halogens is 1. The van der Waals surface area contributed by atoms with Crippen molar-refractivity contribution in [3.05, 3.63) is 62.6 Å². The highest BCUT2D eigenvalue weighted by Crippen LogP contribution is 2.21. The highest BCUT2D eigenvalue weighted by atomic mass is 35.5. The van der Waals surface area contributed by atoms with Crippen molar-refractivity contribution >= 4 is 46.3 Å². The van der Waals surface area contributed by atoms with Gasteiger partial charge in [-0.3, -0.25) is 9.59 Å². The van der Waals surface area contributed by atoms with Crippen LogP contribution in [-0.2, 0) is 24.2 Å². The van der Waals surface area contributed by atoms with Crippen LogP contribution in [-0.4, -0.2) is 32.1 Å². The first-order valence-corrected chi connectivity index (χ1v) is 11.6. The lowest BCUT2D eigenvalue weighted by atomic mass is 10.0. The summed E-state index contributed by atoms with van der Waals surface area (Å²) in [4.78, 5) is 25.4.